The minimum absolute atomic E-state index is 0.215. The largest absolute Gasteiger partial charge is 0.444 e. The van der Waals surface area contributed by atoms with Crippen LogP contribution in [0.1, 0.15) is 26.7 Å². The van der Waals surface area contributed by atoms with Gasteiger partial charge in [0.1, 0.15) is 6.61 Å². The maximum absolute atomic E-state index is 12.1. The fourth-order valence-corrected chi connectivity index (χ4v) is 2.55. The second-order valence-electron chi connectivity index (χ2n) is 4.80. The van der Waals surface area contributed by atoms with Gasteiger partial charge in [-0.3, -0.25) is 4.90 Å². The van der Waals surface area contributed by atoms with E-state index in [1.165, 1.54) is 0 Å². The van der Waals surface area contributed by atoms with E-state index in [1.54, 1.807) is 0 Å². The summed E-state index contributed by atoms with van der Waals surface area (Å²) in [7, 11) is 0. The Bertz CT molecular complexity index is 418. The number of allylic oxidation sites excluding steroid dienone is 4. The Morgan fingerprint density at radius 1 is 1.32 bits per heavy atom. The van der Waals surface area contributed by atoms with Crippen LogP contribution in [0.15, 0.2) is 35.6 Å². The van der Waals surface area contributed by atoms with Crippen molar-refractivity contribution < 1.29 is 9.53 Å². The Morgan fingerprint density at radius 2 is 2.05 bits per heavy atom. The third-order valence-electron chi connectivity index (χ3n) is 3.61. The maximum atomic E-state index is 12.1. The first kappa shape index (κ1) is 13.9. The fraction of sp³-hybridized carbons (Fsp3) is 0.533. The Morgan fingerprint density at radius 3 is 2.68 bits per heavy atom. The van der Waals surface area contributed by atoms with E-state index in [-0.39, 0.29) is 12.1 Å². The van der Waals surface area contributed by atoms with Crippen molar-refractivity contribution in [2.45, 2.75) is 32.7 Å². The van der Waals surface area contributed by atoms with Crippen LogP contribution in [0.5, 0.6) is 0 Å². The van der Waals surface area contributed by atoms with Gasteiger partial charge in [0.15, 0.2) is 0 Å². The molecule has 0 saturated carbocycles. The molecule has 104 valence electrons. The number of ether oxygens (including phenoxy) is 1. The van der Waals surface area contributed by atoms with Gasteiger partial charge in [0.2, 0.25) is 0 Å². The fourth-order valence-electron chi connectivity index (χ4n) is 2.55. The molecule has 0 aromatic heterocycles. The molecule has 2 aliphatic heterocycles. The van der Waals surface area contributed by atoms with Crippen LogP contribution in [-0.2, 0) is 4.74 Å². The van der Waals surface area contributed by atoms with E-state index < -0.39 is 0 Å². The maximum Gasteiger partial charge on any atom is 0.414 e. The van der Waals surface area contributed by atoms with E-state index in [1.807, 2.05) is 43.1 Å². The van der Waals surface area contributed by atoms with Gasteiger partial charge in [0, 0.05) is 11.6 Å². The first-order valence-corrected chi connectivity index (χ1v) is 6.93. The molecule has 1 amide bonds. The highest BCUT2D eigenvalue weighted by Crippen LogP contribution is 2.28. The Hall–Kier alpha value is -1.55. The van der Waals surface area contributed by atoms with E-state index in [9.17, 15) is 4.79 Å². The standard InChI is InChI=1S/C15H22N2O2/c1-3-5-6-14-12(4-2)11-19-15(18)17(14)13-7-9-16-10-8-13/h3-6,13,16H,7-11H2,1-2H3/b5-3-,12-4-,14-6+. The smallest absolute Gasteiger partial charge is 0.414 e. The molecule has 0 aliphatic carbocycles. The van der Waals surface area contributed by atoms with Crippen molar-refractivity contribution in [1.82, 2.24) is 10.2 Å². The molecule has 0 aromatic rings. The van der Waals surface area contributed by atoms with Crippen LogP contribution in [0.25, 0.3) is 0 Å². The summed E-state index contributed by atoms with van der Waals surface area (Å²) in [5.41, 5.74) is 2.07. The molecule has 4 nitrogen and oxygen atoms in total. The molecule has 2 saturated heterocycles. The first-order valence-electron chi connectivity index (χ1n) is 6.93. The van der Waals surface area contributed by atoms with Crippen LogP contribution in [0, 0.1) is 0 Å². The SMILES string of the molecule is C\C=C/C=C1\C(=C/C)COC(=O)N1C1CCNCC1. The topological polar surface area (TPSA) is 41.6 Å². The van der Waals surface area contributed by atoms with Crippen LogP contribution in [-0.4, -0.2) is 36.7 Å². The Labute approximate surface area is 114 Å². The van der Waals surface area contributed by atoms with Crippen LogP contribution >= 0.6 is 0 Å². The summed E-state index contributed by atoms with van der Waals surface area (Å²) in [4.78, 5) is 14.0. The third-order valence-corrected chi connectivity index (χ3v) is 3.61. The van der Waals surface area contributed by atoms with Crippen molar-refractivity contribution in [3.05, 3.63) is 35.6 Å². The molecule has 0 bridgehead atoms. The van der Waals surface area contributed by atoms with Crippen LogP contribution in [0.3, 0.4) is 0 Å². The summed E-state index contributed by atoms with van der Waals surface area (Å²) in [6.07, 6.45) is 9.71. The van der Waals surface area contributed by atoms with Gasteiger partial charge in [0.05, 0.1) is 5.70 Å². The number of hydrogen-bond acceptors (Lipinski definition) is 3. The number of rotatable bonds is 2. The number of nitrogens with one attached hydrogen (secondary N) is 1. The van der Waals surface area contributed by atoms with E-state index in [4.69, 9.17) is 4.74 Å². The number of hydrogen-bond donors (Lipinski definition) is 1. The molecule has 2 rings (SSSR count). The summed E-state index contributed by atoms with van der Waals surface area (Å²) < 4.78 is 5.29. The van der Waals surface area contributed by atoms with Crippen LogP contribution < -0.4 is 5.32 Å². The van der Waals surface area contributed by atoms with Crippen molar-refractivity contribution in [2.24, 2.45) is 0 Å². The molecule has 1 N–H and O–H groups in total. The lowest BCUT2D eigenvalue weighted by atomic mass is 10.0. The third kappa shape index (κ3) is 3.07. The van der Waals surface area contributed by atoms with E-state index in [0.29, 0.717) is 6.61 Å². The molecular weight excluding hydrogens is 240 g/mol. The molecule has 0 radical (unpaired) electrons. The summed E-state index contributed by atoms with van der Waals surface area (Å²) in [5.74, 6) is 0. The molecule has 2 heterocycles. The molecule has 2 fully saturated rings. The van der Waals surface area contributed by atoms with Crippen molar-refractivity contribution in [2.75, 3.05) is 19.7 Å². The lowest BCUT2D eigenvalue weighted by molar-refractivity contribution is 0.0868. The van der Waals surface area contributed by atoms with Crippen molar-refractivity contribution >= 4 is 6.09 Å². The Balaban J connectivity index is 2.30. The van der Waals surface area contributed by atoms with Gasteiger partial charge in [-0.25, -0.2) is 4.79 Å². The molecule has 0 unspecified atom stereocenters. The van der Waals surface area contributed by atoms with E-state index >= 15 is 0 Å². The highest BCUT2D eigenvalue weighted by Gasteiger charge is 2.34. The molecule has 4 heteroatoms. The van der Waals surface area contributed by atoms with Crippen LogP contribution in [0.4, 0.5) is 4.79 Å². The van der Waals surface area contributed by atoms with Gasteiger partial charge in [-0.2, -0.15) is 0 Å². The lowest BCUT2D eigenvalue weighted by Gasteiger charge is -2.38. The zero-order valence-corrected chi connectivity index (χ0v) is 11.7. The van der Waals surface area contributed by atoms with Crippen molar-refractivity contribution in [3.8, 4) is 0 Å². The highest BCUT2D eigenvalue weighted by molar-refractivity contribution is 5.74. The zero-order chi connectivity index (χ0) is 13.7. The predicted molar refractivity (Wildman–Crippen MR) is 75.7 cm³/mol. The van der Waals surface area contributed by atoms with Gasteiger partial charge >= 0.3 is 6.09 Å². The quantitative estimate of drug-likeness (QED) is 0.831. The Kier molecular flexibility index (Phi) is 4.80. The summed E-state index contributed by atoms with van der Waals surface area (Å²) in [6, 6.07) is 0.237. The van der Waals surface area contributed by atoms with Gasteiger partial charge in [-0.05, 0) is 45.9 Å². The molecule has 0 aromatic carbocycles. The second kappa shape index (κ2) is 6.57. The van der Waals surface area contributed by atoms with Gasteiger partial charge in [-0.1, -0.05) is 18.2 Å². The van der Waals surface area contributed by atoms with Gasteiger partial charge in [0.25, 0.3) is 0 Å². The summed E-state index contributed by atoms with van der Waals surface area (Å²) in [6.45, 7) is 6.24. The summed E-state index contributed by atoms with van der Waals surface area (Å²) in [5, 5.41) is 3.32. The van der Waals surface area contributed by atoms with Gasteiger partial charge in [-0.15, -0.1) is 0 Å². The average Bonchev–Trinajstić information content (AvgIpc) is 2.46. The first-order chi connectivity index (χ1) is 9.27. The van der Waals surface area contributed by atoms with Crippen molar-refractivity contribution in [1.29, 1.82) is 0 Å². The molecule has 0 spiro atoms. The monoisotopic (exact) mass is 262 g/mol. The minimum atomic E-state index is -0.215. The average molecular weight is 262 g/mol. The zero-order valence-electron chi connectivity index (χ0n) is 11.7. The number of cyclic esters (lactones) is 1. The number of piperidine rings is 1. The predicted octanol–water partition coefficient (Wildman–Crippen LogP) is 2.60. The molecule has 0 atom stereocenters. The lowest BCUT2D eigenvalue weighted by Crippen LogP contribution is -2.48. The van der Waals surface area contributed by atoms with E-state index in [0.717, 1.165) is 37.2 Å². The number of carbonyl (C=O) groups is 1. The van der Waals surface area contributed by atoms with E-state index in [2.05, 4.69) is 5.32 Å². The molecular formula is C15H22N2O2. The highest BCUT2D eigenvalue weighted by atomic mass is 16.6. The number of nitrogens with zero attached hydrogens (tertiary/aromatic N) is 1. The minimum Gasteiger partial charge on any atom is -0.444 e. The molecule has 2 aliphatic rings. The van der Waals surface area contributed by atoms with Crippen LogP contribution in [0.2, 0.25) is 0 Å². The van der Waals surface area contributed by atoms with Crippen molar-refractivity contribution in [3.63, 3.8) is 0 Å². The second-order valence-corrected chi connectivity index (χ2v) is 4.80. The normalized spacial score (nSPS) is 26.4. The number of amides is 1. The molecule has 19 heavy (non-hydrogen) atoms. The van der Waals surface area contributed by atoms with Gasteiger partial charge < -0.3 is 10.1 Å². The number of carbonyl (C=O) groups excluding carboxylic acids is 1. The summed E-state index contributed by atoms with van der Waals surface area (Å²) >= 11 is 0.